The van der Waals surface area contributed by atoms with Gasteiger partial charge in [-0.1, -0.05) is 0 Å². The second-order valence-corrected chi connectivity index (χ2v) is 15.0. The lowest BCUT2D eigenvalue weighted by Gasteiger charge is -2.49. The molecule has 3 aliphatic rings. The van der Waals surface area contributed by atoms with E-state index in [1.54, 1.807) is 18.7 Å². The average Bonchev–Trinajstić information content (AvgIpc) is 3.46. The number of morpholine rings is 1. The highest BCUT2D eigenvalue weighted by atomic mass is 16.6. The summed E-state index contributed by atoms with van der Waals surface area (Å²) in [5, 5.41) is 61.9. The monoisotopic (exact) mass is 721 g/mol. The van der Waals surface area contributed by atoms with Crippen LogP contribution in [-0.2, 0) is 23.9 Å². The van der Waals surface area contributed by atoms with Gasteiger partial charge in [0, 0.05) is 50.6 Å². The van der Waals surface area contributed by atoms with Crippen LogP contribution in [0.3, 0.4) is 0 Å². The van der Waals surface area contributed by atoms with E-state index in [2.05, 4.69) is 16.0 Å². The van der Waals surface area contributed by atoms with Crippen molar-refractivity contribution in [2.75, 3.05) is 39.4 Å². The van der Waals surface area contributed by atoms with E-state index < -0.39 is 90.2 Å². The van der Waals surface area contributed by atoms with Crippen LogP contribution in [0.2, 0.25) is 0 Å². The summed E-state index contributed by atoms with van der Waals surface area (Å²) < 4.78 is 11.7. The Morgan fingerprint density at radius 2 is 1.73 bits per heavy atom. The molecule has 1 aromatic carbocycles. The standard InChI is InChI=1S/C34H51N5O12/c1-18-11-21(12-19(2)26(18)44)29(46)35-15-23(42)27(45)28-25(36-20(3)40)22(41)13-34(51-28,30(47)48)14-24(43)39-9-10-50-17-33(39)7-8-38(16-33)31(49)37-32(4,5)6/h11-12,22-23,25,27-28,41-42,44-45H,7-10,13-17H2,1-6H3,(H,35,46)(H,36,40)(H,37,49)(H,47,48)/t22-,23+,25?,27+,28+,33-,34-/m0/s1. The maximum absolute atomic E-state index is 14.1. The van der Waals surface area contributed by atoms with Gasteiger partial charge in [-0.25, -0.2) is 9.59 Å². The van der Waals surface area contributed by atoms with Gasteiger partial charge in [0.1, 0.15) is 18.0 Å². The summed E-state index contributed by atoms with van der Waals surface area (Å²) in [4.78, 5) is 68.0. The zero-order valence-electron chi connectivity index (χ0n) is 29.9. The van der Waals surface area contributed by atoms with Crippen LogP contribution in [0.4, 0.5) is 4.79 Å². The molecule has 0 saturated carbocycles. The van der Waals surface area contributed by atoms with E-state index in [9.17, 15) is 49.5 Å². The number of carbonyl (C=O) groups is 5. The largest absolute Gasteiger partial charge is 0.507 e. The number of hydrogen-bond donors (Lipinski definition) is 8. The predicted molar refractivity (Wildman–Crippen MR) is 180 cm³/mol. The van der Waals surface area contributed by atoms with Crippen molar-refractivity contribution in [1.29, 1.82) is 0 Å². The number of likely N-dealkylation sites (tertiary alicyclic amines) is 1. The molecule has 7 atom stereocenters. The Hall–Kier alpha value is -4.03. The van der Waals surface area contributed by atoms with Crippen molar-refractivity contribution in [2.45, 2.75) is 108 Å². The lowest BCUT2D eigenvalue weighted by Crippen LogP contribution is -2.69. The molecule has 17 nitrogen and oxygen atoms in total. The maximum Gasteiger partial charge on any atom is 0.336 e. The van der Waals surface area contributed by atoms with Gasteiger partial charge in [-0.05, 0) is 64.3 Å². The van der Waals surface area contributed by atoms with Crippen molar-refractivity contribution in [3.05, 3.63) is 28.8 Å². The molecule has 3 heterocycles. The number of benzene rings is 1. The Bertz CT molecular complexity index is 1490. The second-order valence-electron chi connectivity index (χ2n) is 15.0. The third kappa shape index (κ3) is 8.89. The van der Waals surface area contributed by atoms with E-state index in [0.717, 1.165) is 6.92 Å². The summed E-state index contributed by atoms with van der Waals surface area (Å²) in [7, 11) is 0. The van der Waals surface area contributed by atoms with Crippen LogP contribution in [0, 0.1) is 13.8 Å². The van der Waals surface area contributed by atoms with Crippen LogP contribution < -0.4 is 16.0 Å². The molecule has 51 heavy (non-hydrogen) atoms. The number of phenols is 1. The van der Waals surface area contributed by atoms with Crippen molar-refractivity contribution in [3.63, 3.8) is 0 Å². The quantitative estimate of drug-likeness (QED) is 0.155. The van der Waals surface area contributed by atoms with Crippen molar-refractivity contribution in [3.8, 4) is 5.75 Å². The van der Waals surface area contributed by atoms with Gasteiger partial charge in [0.05, 0.1) is 43.4 Å². The highest BCUT2D eigenvalue weighted by molar-refractivity contribution is 5.95. The molecule has 0 aromatic heterocycles. The average molecular weight is 722 g/mol. The molecule has 1 aromatic rings. The third-order valence-corrected chi connectivity index (χ3v) is 9.63. The number of urea groups is 1. The minimum atomic E-state index is -2.40. The topological polar surface area (TPSA) is 248 Å². The first-order chi connectivity index (χ1) is 23.7. The number of carboxylic acids is 1. The summed E-state index contributed by atoms with van der Waals surface area (Å²) in [5.74, 6) is -3.52. The van der Waals surface area contributed by atoms with Crippen molar-refractivity contribution < 1.29 is 59.0 Å². The summed E-state index contributed by atoms with van der Waals surface area (Å²) in [6, 6.07) is 1.16. The van der Waals surface area contributed by atoms with Crippen molar-refractivity contribution >= 4 is 29.7 Å². The Balaban J connectivity index is 1.54. The van der Waals surface area contributed by atoms with Gasteiger partial charge in [0.25, 0.3) is 5.91 Å². The highest BCUT2D eigenvalue weighted by Crippen LogP contribution is 2.38. The van der Waals surface area contributed by atoms with E-state index in [4.69, 9.17) is 9.47 Å². The summed E-state index contributed by atoms with van der Waals surface area (Å²) in [6.45, 7) is 10.2. The number of carbonyl (C=O) groups excluding carboxylic acids is 4. The molecule has 5 amide bonds. The lowest BCUT2D eigenvalue weighted by atomic mass is 9.81. The summed E-state index contributed by atoms with van der Waals surface area (Å²) in [5.41, 5.74) is -2.78. The molecule has 3 aliphatic heterocycles. The third-order valence-electron chi connectivity index (χ3n) is 9.63. The zero-order chi connectivity index (χ0) is 38.1. The molecule has 0 radical (unpaired) electrons. The number of rotatable bonds is 9. The molecule has 1 unspecified atom stereocenters. The number of phenolic OH excluding ortho intramolecular Hbond substituents is 1. The number of nitrogens with one attached hydrogen (secondary N) is 3. The van der Waals surface area contributed by atoms with Gasteiger partial charge in [0.2, 0.25) is 11.8 Å². The van der Waals surface area contributed by atoms with Crippen LogP contribution in [0.5, 0.6) is 5.75 Å². The van der Waals surface area contributed by atoms with Gasteiger partial charge in [-0.3, -0.25) is 14.4 Å². The summed E-state index contributed by atoms with van der Waals surface area (Å²) >= 11 is 0. The lowest BCUT2D eigenvalue weighted by molar-refractivity contribution is -0.230. The Morgan fingerprint density at radius 1 is 1.08 bits per heavy atom. The van der Waals surface area contributed by atoms with Crippen molar-refractivity contribution in [1.82, 2.24) is 25.8 Å². The minimum absolute atomic E-state index is 0.0249. The Morgan fingerprint density at radius 3 is 2.31 bits per heavy atom. The van der Waals surface area contributed by atoms with E-state index >= 15 is 0 Å². The maximum atomic E-state index is 14.1. The van der Waals surface area contributed by atoms with E-state index in [1.807, 2.05) is 20.8 Å². The molecule has 0 aliphatic carbocycles. The fourth-order valence-corrected chi connectivity index (χ4v) is 7.04. The molecule has 8 N–H and O–H groups in total. The number of aryl methyl sites for hydroxylation is 2. The molecule has 3 fully saturated rings. The van der Waals surface area contributed by atoms with Crippen molar-refractivity contribution in [2.24, 2.45) is 0 Å². The highest BCUT2D eigenvalue weighted by Gasteiger charge is 2.57. The van der Waals surface area contributed by atoms with E-state index in [0.29, 0.717) is 24.1 Å². The molecular formula is C34H51N5O12. The van der Waals surface area contributed by atoms with Gasteiger partial charge >= 0.3 is 12.0 Å². The normalized spacial score (nSPS) is 27.8. The number of aliphatic hydroxyl groups is 3. The zero-order valence-corrected chi connectivity index (χ0v) is 29.9. The Labute approximate surface area is 296 Å². The molecule has 3 saturated heterocycles. The van der Waals surface area contributed by atoms with E-state index in [-0.39, 0.29) is 43.6 Å². The fraction of sp³-hybridized carbons (Fsp3) is 0.676. The van der Waals surface area contributed by atoms with Crippen LogP contribution >= 0.6 is 0 Å². The van der Waals surface area contributed by atoms with Crippen LogP contribution in [0.1, 0.15) is 68.4 Å². The van der Waals surface area contributed by atoms with Gasteiger partial charge < -0.3 is 60.8 Å². The number of aromatic hydroxyl groups is 1. The number of aliphatic hydroxyl groups excluding tert-OH is 3. The number of hydrogen-bond acceptors (Lipinski definition) is 11. The van der Waals surface area contributed by atoms with Gasteiger partial charge in [-0.2, -0.15) is 0 Å². The van der Waals surface area contributed by atoms with Gasteiger partial charge in [-0.15, -0.1) is 0 Å². The summed E-state index contributed by atoms with van der Waals surface area (Å²) in [6.07, 6.45) is -8.19. The first-order valence-corrected chi connectivity index (χ1v) is 16.9. The minimum Gasteiger partial charge on any atom is -0.507 e. The number of ether oxygens (including phenoxy) is 2. The fourth-order valence-electron chi connectivity index (χ4n) is 7.04. The molecular weight excluding hydrogens is 670 g/mol. The predicted octanol–water partition coefficient (Wildman–Crippen LogP) is -0.860. The molecule has 17 heteroatoms. The molecule has 4 rings (SSSR count). The molecule has 284 valence electrons. The molecule has 0 bridgehead atoms. The second kappa shape index (κ2) is 15.3. The first kappa shape index (κ1) is 39.8. The number of aliphatic carboxylic acids is 1. The van der Waals surface area contributed by atoms with Crippen LogP contribution in [-0.4, -0.2) is 152 Å². The molecule has 1 spiro atoms. The van der Waals surface area contributed by atoms with E-state index in [1.165, 1.54) is 17.0 Å². The first-order valence-electron chi connectivity index (χ1n) is 16.9. The number of amides is 5. The number of carboxylic acid groups (broad SMARTS) is 1. The smallest absolute Gasteiger partial charge is 0.336 e. The Kier molecular flexibility index (Phi) is 11.9. The number of nitrogens with zero attached hydrogens (tertiary/aromatic N) is 2. The SMILES string of the molecule is CC(=O)NC1[C@H]([C@H](O)[C@H](O)CNC(=O)c2cc(C)c(O)c(C)c2)O[C@@](CC(=O)N2CCOC[C@@]23CCN(C(=O)NC(C)(C)C)C3)(C(=O)O)C[C@@H]1O. The van der Waals surface area contributed by atoms with Crippen LogP contribution in [0.25, 0.3) is 0 Å². The van der Waals surface area contributed by atoms with Gasteiger partial charge in [0.15, 0.2) is 5.60 Å². The van der Waals surface area contributed by atoms with Crippen LogP contribution in [0.15, 0.2) is 12.1 Å².